The van der Waals surface area contributed by atoms with Crippen LogP contribution in [0.25, 0.3) is 22.5 Å². The predicted octanol–water partition coefficient (Wildman–Crippen LogP) is 3.38. The van der Waals surface area contributed by atoms with Gasteiger partial charge in [0.25, 0.3) is 0 Å². The Balaban J connectivity index is 2.14. The molecule has 0 fully saturated rings. The molecule has 0 saturated heterocycles. The third-order valence-electron chi connectivity index (χ3n) is 3.41. The van der Waals surface area contributed by atoms with Crippen molar-refractivity contribution in [1.29, 1.82) is 0 Å². The van der Waals surface area contributed by atoms with Gasteiger partial charge in [0.1, 0.15) is 5.58 Å². The van der Waals surface area contributed by atoms with Crippen molar-refractivity contribution < 1.29 is 23.1 Å². The van der Waals surface area contributed by atoms with Crippen LogP contribution in [0.5, 0.6) is 5.75 Å². The maximum Gasteiger partial charge on any atom is 0.347 e. The zero-order valence-corrected chi connectivity index (χ0v) is 13.3. The van der Waals surface area contributed by atoms with Crippen molar-refractivity contribution in [2.45, 2.75) is 20.0 Å². The minimum absolute atomic E-state index is 0.0794. The summed E-state index contributed by atoms with van der Waals surface area (Å²) in [6.07, 6.45) is 0.506. The maximum absolute atomic E-state index is 12.8. The fourth-order valence-electron chi connectivity index (χ4n) is 2.29. The third-order valence-corrected chi connectivity index (χ3v) is 3.41. The van der Waals surface area contributed by atoms with Crippen molar-refractivity contribution in [2.24, 2.45) is 0 Å². The quantitative estimate of drug-likeness (QED) is 0.668. The smallest absolute Gasteiger partial charge is 0.347 e. The fraction of sp³-hybridized carbons (Fsp3) is 0.222. The number of para-hydroxylation sites is 1. The Labute approximate surface area is 137 Å². The first-order valence-corrected chi connectivity index (χ1v) is 7.54. The molecule has 0 aliphatic carbocycles. The molecule has 0 aliphatic rings. The second-order valence-corrected chi connectivity index (χ2v) is 5.08. The second-order valence-electron chi connectivity index (χ2n) is 5.08. The van der Waals surface area contributed by atoms with E-state index >= 15 is 0 Å². The molecule has 6 nitrogen and oxygen atoms in total. The normalized spacial score (nSPS) is 12.1. The topological polar surface area (TPSA) is 78.9 Å². The van der Waals surface area contributed by atoms with E-state index < -0.39 is 12.1 Å². The number of hydrogen-bond acceptors (Lipinski definition) is 6. The van der Waals surface area contributed by atoms with Gasteiger partial charge in [0, 0.05) is 0 Å². The Morgan fingerprint density at radius 3 is 2.71 bits per heavy atom. The number of esters is 1. The molecule has 124 valence electrons. The molecule has 3 aromatic rings. The van der Waals surface area contributed by atoms with Crippen LogP contribution in [0.2, 0.25) is 0 Å². The summed E-state index contributed by atoms with van der Waals surface area (Å²) in [4.78, 5) is 24.6. The van der Waals surface area contributed by atoms with Gasteiger partial charge in [0.2, 0.25) is 16.9 Å². The highest BCUT2D eigenvalue weighted by molar-refractivity contribution is 5.81. The summed E-state index contributed by atoms with van der Waals surface area (Å²) in [7, 11) is 0. The third kappa shape index (κ3) is 2.90. The highest BCUT2D eigenvalue weighted by Gasteiger charge is 2.24. The molecule has 2 aromatic heterocycles. The Bertz CT molecular complexity index is 907. The Morgan fingerprint density at radius 2 is 2.00 bits per heavy atom. The minimum Gasteiger partial charge on any atom is -0.471 e. The number of carbonyl (C=O) groups excluding carboxylic acids is 1. The molecule has 1 atom stereocenters. The highest BCUT2D eigenvalue weighted by atomic mass is 16.6. The largest absolute Gasteiger partial charge is 0.471 e. The van der Waals surface area contributed by atoms with Crippen molar-refractivity contribution in [3.05, 3.63) is 52.9 Å². The number of fused-ring (bicyclic) bond motifs is 1. The van der Waals surface area contributed by atoms with Gasteiger partial charge in [0.05, 0.1) is 18.3 Å². The fourth-order valence-corrected chi connectivity index (χ4v) is 2.29. The van der Waals surface area contributed by atoms with E-state index in [0.29, 0.717) is 16.7 Å². The van der Waals surface area contributed by atoms with E-state index in [0.717, 1.165) is 0 Å². The van der Waals surface area contributed by atoms with Gasteiger partial charge < -0.3 is 18.3 Å². The summed E-state index contributed by atoms with van der Waals surface area (Å²) >= 11 is 0. The molecule has 1 aromatic carbocycles. The van der Waals surface area contributed by atoms with Gasteiger partial charge in [-0.1, -0.05) is 12.1 Å². The van der Waals surface area contributed by atoms with E-state index in [-0.39, 0.29) is 23.5 Å². The molecule has 0 saturated carbocycles. The number of ether oxygens (including phenoxy) is 2. The summed E-state index contributed by atoms with van der Waals surface area (Å²) in [5, 5.41) is 0.360. The van der Waals surface area contributed by atoms with Crippen molar-refractivity contribution in [3.63, 3.8) is 0 Å². The lowest BCUT2D eigenvalue weighted by Gasteiger charge is -2.15. The molecule has 0 unspecified atom stereocenters. The van der Waals surface area contributed by atoms with Crippen molar-refractivity contribution in [3.8, 4) is 17.3 Å². The monoisotopic (exact) mass is 328 g/mol. The maximum atomic E-state index is 12.8. The summed E-state index contributed by atoms with van der Waals surface area (Å²) in [5.74, 6) is -0.164. The molecule has 2 heterocycles. The summed E-state index contributed by atoms with van der Waals surface area (Å²) in [6, 6.07) is 10.1. The number of benzene rings is 1. The first kappa shape index (κ1) is 15.9. The van der Waals surface area contributed by atoms with Crippen LogP contribution in [0.1, 0.15) is 13.8 Å². The van der Waals surface area contributed by atoms with Crippen LogP contribution in [0, 0.1) is 0 Å². The molecule has 0 aliphatic heterocycles. The van der Waals surface area contributed by atoms with Crippen LogP contribution in [0.4, 0.5) is 0 Å². The van der Waals surface area contributed by atoms with E-state index in [1.807, 2.05) is 0 Å². The lowest BCUT2D eigenvalue weighted by atomic mass is 10.2. The van der Waals surface area contributed by atoms with Crippen LogP contribution >= 0.6 is 0 Å². The standard InChI is InChI=1S/C18H16O6/c1-3-21-18(20)11(2)23-17-15(19)12-7-4-5-8-13(12)24-16(17)14-9-6-10-22-14/h4-11H,3H2,1-2H3/t11-/m1/s1. The van der Waals surface area contributed by atoms with Gasteiger partial charge in [-0.3, -0.25) is 4.79 Å². The average Bonchev–Trinajstić information content (AvgIpc) is 3.11. The predicted molar refractivity (Wildman–Crippen MR) is 86.9 cm³/mol. The summed E-state index contributed by atoms with van der Waals surface area (Å²) < 4.78 is 21.6. The molecular formula is C18H16O6. The number of furan rings is 1. The van der Waals surface area contributed by atoms with Crippen LogP contribution in [0.3, 0.4) is 0 Å². The van der Waals surface area contributed by atoms with Crippen molar-refractivity contribution in [1.82, 2.24) is 0 Å². The van der Waals surface area contributed by atoms with Gasteiger partial charge in [0.15, 0.2) is 11.9 Å². The number of rotatable bonds is 5. The van der Waals surface area contributed by atoms with E-state index in [1.165, 1.54) is 13.2 Å². The van der Waals surface area contributed by atoms with Crippen LogP contribution in [-0.4, -0.2) is 18.7 Å². The molecule has 0 radical (unpaired) electrons. The Kier molecular flexibility index (Phi) is 4.37. The van der Waals surface area contributed by atoms with Crippen LogP contribution < -0.4 is 10.2 Å². The van der Waals surface area contributed by atoms with Crippen molar-refractivity contribution >= 4 is 16.9 Å². The Hall–Kier alpha value is -3.02. The first-order valence-electron chi connectivity index (χ1n) is 7.54. The van der Waals surface area contributed by atoms with Crippen molar-refractivity contribution in [2.75, 3.05) is 6.61 Å². The number of hydrogen-bond donors (Lipinski definition) is 0. The minimum atomic E-state index is -0.956. The highest BCUT2D eigenvalue weighted by Crippen LogP contribution is 2.31. The van der Waals surface area contributed by atoms with E-state index in [1.54, 1.807) is 43.3 Å². The van der Waals surface area contributed by atoms with Gasteiger partial charge in [-0.25, -0.2) is 4.79 Å². The zero-order valence-electron chi connectivity index (χ0n) is 13.3. The van der Waals surface area contributed by atoms with Gasteiger partial charge in [-0.05, 0) is 38.1 Å². The van der Waals surface area contributed by atoms with E-state index in [9.17, 15) is 9.59 Å². The van der Waals surface area contributed by atoms with E-state index in [4.69, 9.17) is 18.3 Å². The summed E-state index contributed by atoms with van der Waals surface area (Å²) in [5.41, 5.74) is 0.0319. The molecule has 0 bridgehead atoms. The summed E-state index contributed by atoms with van der Waals surface area (Å²) in [6.45, 7) is 3.44. The second kappa shape index (κ2) is 6.62. The van der Waals surface area contributed by atoms with E-state index in [2.05, 4.69) is 0 Å². The average molecular weight is 328 g/mol. The molecule has 24 heavy (non-hydrogen) atoms. The molecule has 0 N–H and O–H groups in total. The lowest BCUT2D eigenvalue weighted by molar-refractivity contribution is -0.150. The molecular weight excluding hydrogens is 312 g/mol. The van der Waals surface area contributed by atoms with Gasteiger partial charge in [-0.2, -0.15) is 0 Å². The molecule has 3 rings (SSSR count). The first-order chi connectivity index (χ1) is 11.6. The van der Waals surface area contributed by atoms with Gasteiger partial charge >= 0.3 is 5.97 Å². The molecule has 0 spiro atoms. The molecule has 0 amide bonds. The zero-order chi connectivity index (χ0) is 17.1. The Morgan fingerprint density at radius 1 is 1.21 bits per heavy atom. The van der Waals surface area contributed by atoms with Gasteiger partial charge in [-0.15, -0.1) is 0 Å². The molecule has 6 heteroatoms. The van der Waals surface area contributed by atoms with Crippen LogP contribution in [-0.2, 0) is 9.53 Å². The lowest BCUT2D eigenvalue weighted by Crippen LogP contribution is -2.28. The van der Waals surface area contributed by atoms with Crippen LogP contribution in [0.15, 0.2) is 56.3 Å². The number of carbonyl (C=O) groups is 1. The SMILES string of the molecule is CCOC(=O)[C@@H](C)Oc1c(-c2ccco2)oc2ccccc2c1=O.